The molecule has 9 heteroatoms. The molecule has 0 unspecified atom stereocenters. The van der Waals surface area contributed by atoms with Gasteiger partial charge in [-0.2, -0.15) is 10.1 Å². The van der Waals surface area contributed by atoms with Gasteiger partial charge < -0.3 is 9.64 Å². The molecule has 4 aromatic rings. The summed E-state index contributed by atoms with van der Waals surface area (Å²) in [7, 11) is 0. The van der Waals surface area contributed by atoms with E-state index in [4.69, 9.17) is 19.7 Å². The SMILES string of the molecule is Cc1ccc(-c2nc(N3C[C@@H](C)O[C@@H](c4cnn(C5CC5)c4)C3)nc3nc(C)c(C)nc23)c(F)c1. The monoisotopic (exact) mass is 473 g/mol. The number of halogens is 1. The molecule has 4 heterocycles. The minimum atomic E-state index is -0.336. The Bertz CT molecular complexity index is 1430. The van der Waals surface area contributed by atoms with Crippen molar-refractivity contribution < 1.29 is 9.13 Å². The van der Waals surface area contributed by atoms with Crippen molar-refractivity contribution in [3.63, 3.8) is 0 Å². The van der Waals surface area contributed by atoms with Crippen molar-refractivity contribution in [2.75, 3.05) is 18.0 Å². The van der Waals surface area contributed by atoms with Gasteiger partial charge in [0.15, 0.2) is 5.65 Å². The second kappa shape index (κ2) is 8.34. The maximum atomic E-state index is 15.1. The predicted octanol–water partition coefficient (Wildman–Crippen LogP) is 4.65. The van der Waals surface area contributed by atoms with Crippen LogP contribution in [0, 0.1) is 26.6 Å². The van der Waals surface area contributed by atoms with E-state index in [2.05, 4.69) is 21.2 Å². The number of aromatic nitrogens is 6. The van der Waals surface area contributed by atoms with E-state index in [0.717, 1.165) is 22.5 Å². The Hall–Kier alpha value is -3.46. The lowest BCUT2D eigenvalue weighted by Gasteiger charge is -2.36. The number of morpholine rings is 1. The van der Waals surface area contributed by atoms with Crippen LogP contribution >= 0.6 is 0 Å². The number of anilines is 1. The van der Waals surface area contributed by atoms with Crippen LogP contribution in [-0.4, -0.2) is 48.9 Å². The zero-order valence-corrected chi connectivity index (χ0v) is 20.4. The molecule has 1 saturated heterocycles. The van der Waals surface area contributed by atoms with Gasteiger partial charge in [0.25, 0.3) is 0 Å². The van der Waals surface area contributed by atoms with Gasteiger partial charge in [0, 0.05) is 23.9 Å². The molecule has 1 saturated carbocycles. The van der Waals surface area contributed by atoms with Gasteiger partial charge in [0.1, 0.15) is 23.1 Å². The predicted molar refractivity (Wildman–Crippen MR) is 131 cm³/mol. The fraction of sp³-hybridized carbons (Fsp3) is 0.423. The molecule has 8 nitrogen and oxygen atoms in total. The van der Waals surface area contributed by atoms with Gasteiger partial charge in [-0.05, 0) is 58.2 Å². The molecule has 6 rings (SSSR count). The maximum Gasteiger partial charge on any atom is 0.228 e. The van der Waals surface area contributed by atoms with Gasteiger partial charge >= 0.3 is 0 Å². The molecule has 35 heavy (non-hydrogen) atoms. The third-order valence-electron chi connectivity index (χ3n) is 6.77. The van der Waals surface area contributed by atoms with Crippen molar-refractivity contribution in [3.05, 3.63) is 58.9 Å². The molecule has 2 fully saturated rings. The van der Waals surface area contributed by atoms with Gasteiger partial charge in [-0.25, -0.2) is 19.3 Å². The molecule has 180 valence electrons. The van der Waals surface area contributed by atoms with Crippen molar-refractivity contribution in [2.45, 2.75) is 58.8 Å². The minimum absolute atomic E-state index is 0.0391. The van der Waals surface area contributed by atoms with E-state index >= 15 is 4.39 Å². The number of benzene rings is 1. The number of hydrogen-bond acceptors (Lipinski definition) is 7. The van der Waals surface area contributed by atoms with E-state index in [9.17, 15) is 0 Å². The lowest BCUT2D eigenvalue weighted by Crippen LogP contribution is -2.43. The molecule has 1 aromatic carbocycles. The Balaban J connectivity index is 1.43. The molecule has 0 spiro atoms. The van der Waals surface area contributed by atoms with Crippen LogP contribution in [0.3, 0.4) is 0 Å². The van der Waals surface area contributed by atoms with Crippen molar-refractivity contribution in [3.8, 4) is 11.3 Å². The normalized spacial score (nSPS) is 20.5. The average molecular weight is 474 g/mol. The molecule has 1 aliphatic heterocycles. The van der Waals surface area contributed by atoms with Gasteiger partial charge in [-0.1, -0.05) is 6.07 Å². The van der Waals surface area contributed by atoms with Gasteiger partial charge in [-0.15, -0.1) is 0 Å². The smallest absolute Gasteiger partial charge is 0.228 e. The summed E-state index contributed by atoms with van der Waals surface area (Å²) in [5.74, 6) is 0.163. The highest BCUT2D eigenvalue weighted by Crippen LogP contribution is 2.36. The largest absolute Gasteiger partial charge is 0.367 e. The molecular formula is C26H28FN7O. The summed E-state index contributed by atoms with van der Waals surface area (Å²) in [6.45, 7) is 8.89. The molecule has 0 bridgehead atoms. The molecule has 3 aromatic heterocycles. The van der Waals surface area contributed by atoms with Crippen molar-refractivity contribution in [2.24, 2.45) is 0 Å². The molecule has 2 aliphatic rings. The Kier molecular flexibility index (Phi) is 5.25. The van der Waals surface area contributed by atoms with E-state index in [0.29, 0.717) is 47.5 Å². The van der Waals surface area contributed by atoms with Crippen LogP contribution in [0.5, 0.6) is 0 Å². The maximum absolute atomic E-state index is 15.1. The van der Waals surface area contributed by atoms with E-state index in [-0.39, 0.29) is 18.0 Å². The van der Waals surface area contributed by atoms with Gasteiger partial charge in [0.2, 0.25) is 5.95 Å². The highest BCUT2D eigenvalue weighted by atomic mass is 19.1. The topological polar surface area (TPSA) is 81.9 Å². The Morgan fingerprint density at radius 1 is 1.00 bits per heavy atom. The van der Waals surface area contributed by atoms with E-state index in [1.54, 1.807) is 6.07 Å². The summed E-state index contributed by atoms with van der Waals surface area (Å²) in [6.07, 6.45) is 6.14. The molecule has 2 atom stereocenters. The lowest BCUT2D eigenvalue weighted by atomic mass is 10.1. The minimum Gasteiger partial charge on any atom is -0.367 e. The van der Waals surface area contributed by atoms with E-state index < -0.39 is 0 Å². The van der Waals surface area contributed by atoms with Crippen LogP contribution in [0.2, 0.25) is 0 Å². The van der Waals surface area contributed by atoms with Crippen molar-refractivity contribution in [1.29, 1.82) is 0 Å². The van der Waals surface area contributed by atoms with Crippen LogP contribution in [-0.2, 0) is 4.74 Å². The Morgan fingerprint density at radius 3 is 2.57 bits per heavy atom. The standard InChI is InChI=1S/C26H28FN7O/c1-14-5-8-20(21(27)9-14)23-24-25(30-17(4)16(3)29-24)32-26(31-23)33-11-15(2)35-22(13-33)18-10-28-34(12-18)19-6-7-19/h5,8-10,12,15,19,22H,6-7,11,13H2,1-4H3/t15-,22-/m1/s1. The molecular weight excluding hydrogens is 445 g/mol. The van der Waals surface area contributed by atoms with Crippen LogP contribution in [0.15, 0.2) is 30.6 Å². The first kappa shape index (κ1) is 22.0. The zero-order chi connectivity index (χ0) is 24.3. The number of hydrogen-bond donors (Lipinski definition) is 0. The Labute approximate surface area is 203 Å². The van der Waals surface area contributed by atoms with Crippen LogP contribution in [0.1, 0.15) is 54.4 Å². The second-order valence-corrected chi connectivity index (χ2v) is 9.75. The third-order valence-corrected chi connectivity index (χ3v) is 6.77. The first-order chi connectivity index (χ1) is 16.9. The number of aryl methyl sites for hydroxylation is 3. The molecule has 0 N–H and O–H groups in total. The highest BCUT2D eigenvalue weighted by Gasteiger charge is 2.31. The van der Waals surface area contributed by atoms with Crippen LogP contribution in [0.4, 0.5) is 10.3 Å². The molecule has 1 aliphatic carbocycles. The number of rotatable bonds is 4. The van der Waals surface area contributed by atoms with Crippen LogP contribution < -0.4 is 4.90 Å². The summed E-state index contributed by atoms with van der Waals surface area (Å²) in [5.41, 5.74) is 5.27. The average Bonchev–Trinajstić information content (AvgIpc) is 3.55. The summed E-state index contributed by atoms with van der Waals surface area (Å²) < 4.78 is 23.4. The third kappa shape index (κ3) is 4.14. The summed E-state index contributed by atoms with van der Waals surface area (Å²) >= 11 is 0. The first-order valence-corrected chi connectivity index (χ1v) is 12.1. The number of nitrogens with zero attached hydrogens (tertiary/aromatic N) is 7. The molecule has 0 amide bonds. The summed E-state index contributed by atoms with van der Waals surface area (Å²) in [4.78, 5) is 21.1. The van der Waals surface area contributed by atoms with Crippen molar-refractivity contribution in [1.82, 2.24) is 29.7 Å². The number of fused-ring (bicyclic) bond motifs is 1. The van der Waals surface area contributed by atoms with E-state index in [1.807, 2.05) is 44.6 Å². The van der Waals surface area contributed by atoms with Crippen LogP contribution in [0.25, 0.3) is 22.4 Å². The number of ether oxygens (including phenoxy) is 1. The fourth-order valence-corrected chi connectivity index (χ4v) is 4.60. The second-order valence-electron chi connectivity index (χ2n) is 9.75. The summed E-state index contributed by atoms with van der Waals surface area (Å²) in [6, 6.07) is 5.67. The zero-order valence-electron chi connectivity index (χ0n) is 20.4. The Morgan fingerprint density at radius 2 is 1.80 bits per heavy atom. The highest BCUT2D eigenvalue weighted by molar-refractivity contribution is 5.88. The first-order valence-electron chi connectivity index (χ1n) is 12.1. The van der Waals surface area contributed by atoms with E-state index in [1.165, 1.54) is 18.9 Å². The van der Waals surface area contributed by atoms with Gasteiger partial charge in [0.05, 0.1) is 36.3 Å². The van der Waals surface area contributed by atoms with Crippen molar-refractivity contribution >= 4 is 17.1 Å². The molecule has 0 radical (unpaired) electrons. The quantitative estimate of drug-likeness (QED) is 0.427. The summed E-state index contributed by atoms with van der Waals surface area (Å²) in [5, 5.41) is 4.53. The lowest BCUT2D eigenvalue weighted by molar-refractivity contribution is -0.0178. The van der Waals surface area contributed by atoms with Gasteiger partial charge in [-0.3, -0.25) is 4.68 Å². The fourth-order valence-electron chi connectivity index (χ4n) is 4.60.